The molecule has 0 spiro atoms. The van der Waals surface area contributed by atoms with Crippen LogP contribution >= 0.6 is 11.3 Å². The van der Waals surface area contributed by atoms with Gasteiger partial charge in [0.25, 0.3) is 5.91 Å². The van der Waals surface area contributed by atoms with Crippen LogP contribution in [-0.2, 0) is 0 Å². The molecule has 2 aromatic carbocycles. The Hall–Kier alpha value is -2.86. The van der Waals surface area contributed by atoms with Crippen LogP contribution in [0, 0.1) is 0 Å². The zero-order valence-corrected chi connectivity index (χ0v) is 13.1. The van der Waals surface area contributed by atoms with Crippen molar-refractivity contribution in [2.75, 3.05) is 7.11 Å². The second-order valence-electron chi connectivity index (χ2n) is 4.74. The van der Waals surface area contributed by atoms with E-state index in [4.69, 9.17) is 4.74 Å². The number of carbonyl (C=O) groups excluding carboxylic acids is 1. The standard InChI is InChI=1S/C17H14N2O3S/c1-22-12-8-6-11(7-9-12)17(21)19-18-10-15-16(20)13-4-2-3-5-14(13)23-15/h2-10,20H,1H3,(H,19,21)/b18-10-. The quantitative estimate of drug-likeness (QED) is 0.570. The number of fused-ring (bicyclic) bond motifs is 1. The number of carbonyl (C=O) groups is 1. The molecule has 6 heteroatoms. The van der Waals surface area contributed by atoms with Crippen LogP contribution in [0.1, 0.15) is 15.2 Å². The predicted octanol–water partition coefficient (Wildman–Crippen LogP) is 3.38. The van der Waals surface area contributed by atoms with Crippen molar-refractivity contribution in [1.82, 2.24) is 5.43 Å². The number of nitrogens with zero attached hydrogens (tertiary/aromatic N) is 1. The Morgan fingerprint density at radius 2 is 1.96 bits per heavy atom. The van der Waals surface area contributed by atoms with E-state index >= 15 is 0 Å². The monoisotopic (exact) mass is 326 g/mol. The summed E-state index contributed by atoms with van der Waals surface area (Å²) in [5, 5.41) is 14.8. The molecule has 0 aliphatic carbocycles. The fraction of sp³-hybridized carbons (Fsp3) is 0.0588. The summed E-state index contributed by atoms with van der Waals surface area (Å²) in [6, 6.07) is 14.3. The molecule has 116 valence electrons. The lowest BCUT2D eigenvalue weighted by atomic mass is 10.2. The normalized spacial score (nSPS) is 11.0. The molecule has 0 atom stereocenters. The van der Waals surface area contributed by atoms with Gasteiger partial charge in [0, 0.05) is 15.6 Å². The van der Waals surface area contributed by atoms with Crippen LogP contribution in [0.15, 0.2) is 53.6 Å². The Kier molecular flexibility index (Phi) is 4.25. The lowest BCUT2D eigenvalue weighted by Gasteiger charge is -2.01. The average Bonchev–Trinajstić information content (AvgIpc) is 2.91. The molecule has 23 heavy (non-hydrogen) atoms. The average molecular weight is 326 g/mol. The minimum absolute atomic E-state index is 0.174. The van der Waals surface area contributed by atoms with Gasteiger partial charge < -0.3 is 9.84 Å². The van der Waals surface area contributed by atoms with Crippen LogP contribution in [-0.4, -0.2) is 24.3 Å². The smallest absolute Gasteiger partial charge is 0.271 e. The summed E-state index contributed by atoms with van der Waals surface area (Å²) >= 11 is 1.41. The van der Waals surface area contributed by atoms with Gasteiger partial charge in [-0.25, -0.2) is 5.43 Å². The Labute approximate surface area is 136 Å². The van der Waals surface area contributed by atoms with Crippen molar-refractivity contribution in [3.8, 4) is 11.5 Å². The van der Waals surface area contributed by atoms with Gasteiger partial charge in [0.2, 0.25) is 0 Å². The third kappa shape index (κ3) is 3.17. The molecule has 0 unspecified atom stereocenters. The first-order valence-corrected chi connectivity index (χ1v) is 7.68. The van der Waals surface area contributed by atoms with Gasteiger partial charge in [0.1, 0.15) is 11.5 Å². The van der Waals surface area contributed by atoms with E-state index in [0.717, 1.165) is 10.1 Å². The van der Waals surface area contributed by atoms with Gasteiger partial charge in [-0.3, -0.25) is 4.79 Å². The van der Waals surface area contributed by atoms with Gasteiger partial charge >= 0.3 is 0 Å². The molecule has 1 heterocycles. The van der Waals surface area contributed by atoms with Gasteiger partial charge in [-0.1, -0.05) is 12.1 Å². The maximum atomic E-state index is 12.0. The van der Waals surface area contributed by atoms with Crippen molar-refractivity contribution in [1.29, 1.82) is 0 Å². The third-order valence-electron chi connectivity index (χ3n) is 3.30. The second kappa shape index (κ2) is 6.50. The van der Waals surface area contributed by atoms with E-state index in [1.54, 1.807) is 31.4 Å². The van der Waals surface area contributed by atoms with E-state index < -0.39 is 0 Å². The van der Waals surface area contributed by atoms with Gasteiger partial charge in [-0.15, -0.1) is 11.3 Å². The summed E-state index contributed by atoms with van der Waals surface area (Å²) in [4.78, 5) is 12.6. The molecule has 1 amide bonds. The van der Waals surface area contributed by atoms with Crippen LogP contribution in [0.4, 0.5) is 0 Å². The molecular weight excluding hydrogens is 312 g/mol. The molecule has 0 saturated carbocycles. The van der Waals surface area contributed by atoms with Gasteiger partial charge in [0.05, 0.1) is 18.2 Å². The van der Waals surface area contributed by atoms with Crippen LogP contribution in [0.3, 0.4) is 0 Å². The van der Waals surface area contributed by atoms with Gasteiger partial charge in [-0.2, -0.15) is 5.10 Å². The topological polar surface area (TPSA) is 70.9 Å². The number of aromatic hydroxyl groups is 1. The van der Waals surface area contributed by atoms with Crippen molar-refractivity contribution in [2.24, 2.45) is 5.10 Å². The highest BCUT2D eigenvalue weighted by atomic mass is 32.1. The van der Waals surface area contributed by atoms with Crippen LogP contribution in [0.25, 0.3) is 10.1 Å². The number of hydrogen-bond acceptors (Lipinski definition) is 5. The number of thiophene rings is 1. The summed E-state index contributed by atoms with van der Waals surface area (Å²) < 4.78 is 6.01. The first-order chi connectivity index (χ1) is 11.2. The van der Waals surface area contributed by atoms with Gasteiger partial charge in [0.15, 0.2) is 0 Å². The van der Waals surface area contributed by atoms with E-state index in [9.17, 15) is 9.90 Å². The minimum atomic E-state index is -0.329. The lowest BCUT2D eigenvalue weighted by Crippen LogP contribution is -2.17. The predicted molar refractivity (Wildman–Crippen MR) is 91.5 cm³/mol. The molecule has 0 fully saturated rings. The number of hydrazone groups is 1. The number of rotatable bonds is 4. The molecule has 0 saturated heterocycles. The fourth-order valence-corrected chi connectivity index (χ4v) is 3.07. The molecule has 2 N–H and O–H groups in total. The van der Waals surface area contributed by atoms with E-state index in [-0.39, 0.29) is 11.7 Å². The number of methoxy groups -OCH3 is 1. The van der Waals surface area contributed by atoms with Crippen molar-refractivity contribution in [3.63, 3.8) is 0 Å². The second-order valence-corrected chi connectivity index (χ2v) is 5.82. The van der Waals surface area contributed by atoms with E-state index in [1.165, 1.54) is 17.6 Å². The van der Waals surface area contributed by atoms with E-state index in [0.29, 0.717) is 16.2 Å². The fourth-order valence-electron chi connectivity index (χ4n) is 2.09. The molecule has 0 aliphatic heterocycles. The Bertz CT molecular complexity index is 869. The molecule has 0 radical (unpaired) electrons. The first kappa shape index (κ1) is 15.1. The van der Waals surface area contributed by atoms with Crippen molar-refractivity contribution >= 4 is 33.5 Å². The maximum absolute atomic E-state index is 12.0. The Balaban J connectivity index is 1.72. The summed E-state index contributed by atoms with van der Waals surface area (Å²) in [6.07, 6.45) is 1.45. The molecule has 1 aromatic heterocycles. The number of ether oxygens (including phenoxy) is 1. The van der Waals surface area contributed by atoms with Crippen LogP contribution in [0.5, 0.6) is 11.5 Å². The molecule has 3 rings (SSSR count). The summed E-state index contributed by atoms with van der Waals surface area (Å²) in [5.41, 5.74) is 2.92. The molecule has 3 aromatic rings. The lowest BCUT2D eigenvalue weighted by molar-refractivity contribution is 0.0955. The zero-order chi connectivity index (χ0) is 16.2. The number of hydrogen-bond donors (Lipinski definition) is 2. The highest BCUT2D eigenvalue weighted by molar-refractivity contribution is 7.21. The number of amides is 1. The third-order valence-corrected chi connectivity index (χ3v) is 4.39. The van der Waals surface area contributed by atoms with E-state index in [1.807, 2.05) is 24.3 Å². The van der Waals surface area contributed by atoms with E-state index in [2.05, 4.69) is 10.5 Å². The minimum Gasteiger partial charge on any atom is -0.506 e. The van der Waals surface area contributed by atoms with Gasteiger partial charge in [-0.05, 0) is 36.4 Å². The summed E-state index contributed by atoms with van der Waals surface area (Å²) in [6.45, 7) is 0. The highest BCUT2D eigenvalue weighted by Crippen LogP contribution is 2.35. The van der Waals surface area contributed by atoms with Crippen LogP contribution < -0.4 is 10.2 Å². The number of benzene rings is 2. The summed E-state index contributed by atoms with van der Waals surface area (Å²) in [5.74, 6) is 0.526. The molecule has 5 nitrogen and oxygen atoms in total. The molecule has 0 aliphatic rings. The van der Waals surface area contributed by atoms with Crippen molar-refractivity contribution in [3.05, 3.63) is 59.0 Å². The number of nitrogens with one attached hydrogen (secondary N) is 1. The Morgan fingerprint density at radius 1 is 1.22 bits per heavy atom. The molecular formula is C17H14N2O3S. The molecule has 0 bridgehead atoms. The first-order valence-electron chi connectivity index (χ1n) is 6.87. The highest BCUT2D eigenvalue weighted by Gasteiger charge is 2.09. The maximum Gasteiger partial charge on any atom is 0.271 e. The summed E-state index contributed by atoms with van der Waals surface area (Å²) in [7, 11) is 1.57. The zero-order valence-electron chi connectivity index (χ0n) is 12.3. The van der Waals surface area contributed by atoms with Crippen molar-refractivity contribution in [2.45, 2.75) is 0 Å². The SMILES string of the molecule is COc1ccc(C(=O)N/N=C\c2sc3ccccc3c2O)cc1. The Morgan fingerprint density at radius 3 is 2.65 bits per heavy atom. The van der Waals surface area contributed by atoms with Crippen molar-refractivity contribution < 1.29 is 14.6 Å². The van der Waals surface area contributed by atoms with Crippen LogP contribution in [0.2, 0.25) is 0 Å². The largest absolute Gasteiger partial charge is 0.506 e.